The number of nitrogens with one attached hydrogen (secondary N) is 1. The predicted octanol–water partition coefficient (Wildman–Crippen LogP) is 6.68. The molecule has 38 heavy (non-hydrogen) atoms. The number of hydrogen-bond donors (Lipinski definition) is 1. The summed E-state index contributed by atoms with van der Waals surface area (Å²) in [6.45, 7) is 4.64. The summed E-state index contributed by atoms with van der Waals surface area (Å²) in [5.74, 6) is 0.0928. The van der Waals surface area contributed by atoms with Crippen molar-refractivity contribution < 1.29 is 4.79 Å². The van der Waals surface area contributed by atoms with Gasteiger partial charge in [0.1, 0.15) is 4.70 Å². The standard InChI is InChI=1S/C29H30N4O2S3/c1-19-12-14-22(15-13-19)32-27(35)25-26(33(29(36)38-25)23-11-7-6-8-20(23)2)31-28(32)37-18-24(34)30-17-16-21-9-4-3-5-10-21/h6-9,11-15H,3-5,10,16-18H2,1-2H3,(H,30,34). The van der Waals surface area contributed by atoms with E-state index >= 15 is 0 Å². The lowest BCUT2D eigenvalue weighted by atomic mass is 9.97. The maximum absolute atomic E-state index is 13.9. The number of aryl methyl sites for hydroxylation is 2. The van der Waals surface area contributed by atoms with Gasteiger partial charge in [-0.15, -0.1) is 0 Å². The van der Waals surface area contributed by atoms with Crippen LogP contribution in [0, 0.1) is 17.8 Å². The summed E-state index contributed by atoms with van der Waals surface area (Å²) in [6.07, 6.45) is 7.96. The maximum Gasteiger partial charge on any atom is 0.278 e. The van der Waals surface area contributed by atoms with Crippen LogP contribution in [0.2, 0.25) is 0 Å². The molecule has 0 atom stereocenters. The first-order valence-electron chi connectivity index (χ1n) is 12.8. The smallest absolute Gasteiger partial charge is 0.278 e. The van der Waals surface area contributed by atoms with Gasteiger partial charge in [-0.1, -0.05) is 70.6 Å². The summed E-state index contributed by atoms with van der Waals surface area (Å²) in [7, 11) is 0. The van der Waals surface area contributed by atoms with E-state index in [4.69, 9.17) is 17.2 Å². The average Bonchev–Trinajstić information content (AvgIpc) is 3.25. The SMILES string of the molecule is Cc1ccc(-n2c(SCC(=O)NCCC3=CCCCC3)nc3c(sc(=S)n3-c3ccccc3C)c2=O)cc1. The zero-order valence-electron chi connectivity index (χ0n) is 21.5. The van der Waals surface area contributed by atoms with Crippen molar-refractivity contribution in [3.05, 3.63) is 85.6 Å². The number of rotatable bonds is 8. The van der Waals surface area contributed by atoms with Gasteiger partial charge in [0.05, 0.1) is 17.1 Å². The molecule has 2 heterocycles. The minimum atomic E-state index is -0.186. The molecule has 0 saturated heterocycles. The lowest BCUT2D eigenvalue weighted by Gasteiger charge is -2.14. The fraction of sp³-hybridized carbons (Fsp3) is 0.310. The number of carbonyl (C=O) groups excluding carboxylic acids is 1. The monoisotopic (exact) mass is 562 g/mol. The number of thiazole rings is 1. The first kappa shape index (κ1) is 26.6. The van der Waals surface area contributed by atoms with Gasteiger partial charge in [-0.2, -0.15) is 0 Å². The van der Waals surface area contributed by atoms with E-state index in [1.54, 1.807) is 4.57 Å². The van der Waals surface area contributed by atoms with E-state index in [1.165, 1.54) is 41.5 Å². The third kappa shape index (κ3) is 5.70. The zero-order chi connectivity index (χ0) is 26.6. The molecule has 6 nitrogen and oxygen atoms in total. The summed E-state index contributed by atoms with van der Waals surface area (Å²) in [5.41, 5.74) is 5.51. The van der Waals surface area contributed by atoms with Crippen LogP contribution in [0.3, 0.4) is 0 Å². The number of para-hydroxylation sites is 1. The molecule has 4 aromatic rings. The van der Waals surface area contributed by atoms with E-state index in [0.29, 0.717) is 31.7 Å². The predicted molar refractivity (Wildman–Crippen MR) is 160 cm³/mol. The largest absolute Gasteiger partial charge is 0.355 e. The van der Waals surface area contributed by atoms with Crippen LogP contribution in [0.5, 0.6) is 0 Å². The molecule has 2 aromatic carbocycles. The normalized spacial score (nSPS) is 13.5. The first-order valence-corrected chi connectivity index (χ1v) is 15.0. The molecule has 0 spiro atoms. The Bertz CT molecular complexity index is 1630. The van der Waals surface area contributed by atoms with E-state index in [0.717, 1.165) is 36.1 Å². The van der Waals surface area contributed by atoms with Gasteiger partial charge in [-0.05, 0) is 81.9 Å². The topological polar surface area (TPSA) is 68.9 Å². The van der Waals surface area contributed by atoms with Crippen molar-refractivity contribution in [3.63, 3.8) is 0 Å². The van der Waals surface area contributed by atoms with Crippen LogP contribution < -0.4 is 10.9 Å². The molecule has 2 aromatic heterocycles. The van der Waals surface area contributed by atoms with Gasteiger partial charge in [-0.3, -0.25) is 18.7 Å². The van der Waals surface area contributed by atoms with Crippen LogP contribution in [0.4, 0.5) is 0 Å². The van der Waals surface area contributed by atoms with Crippen LogP contribution in [0.15, 0.2) is 70.1 Å². The number of benzene rings is 2. The van der Waals surface area contributed by atoms with Crippen LogP contribution in [0.25, 0.3) is 21.7 Å². The van der Waals surface area contributed by atoms with Gasteiger partial charge in [0.15, 0.2) is 14.8 Å². The van der Waals surface area contributed by atoms with Crippen molar-refractivity contribution in [1.29, 1.82) is 0 Å². The van der Waals surface area contributed by atoms with Crippen molar-refractivity contribution in [2.24, 2.45) is 0 Å². The highest BCUT2D eigenvalue weighted by Gasteiger charge is 2.20. The average molecular weight is 563 g/mol. The lowest BCUT2D eigenvalue weighted by Crippen LogP contribution is -2.27. The molecular formula is C29H30N4O2S3. The quantitative estimate of drug-likeness (QED) is 0.112. The second-order valence-electron chi connectivity index (χ2n) is 9.51. The number of amides is 1. The Morgan fingerprint density at radius 3 is 2.63 bits per heavy atom. The Balaban J connectivity index is 1.49. The van der Waals surface area contributed by atoms with Gasteiger partial charge in [0, 0.05) is 6.54 Å². The number of allylic oxidation sites excluding steroid dienone is 1. The zero-order valence-corrected chi connectivity index (χ0v) is 24.0. The van der Waals surface area contributed by atoms with E-state index in [1.807, 2.05) is 66.9 Å². The van der Waals surface area contributed by atoms with Crippen LogP contribution >= 0.6 is 35.3 Å². The molecule has 0 aliphatic heterocycles. The summed E-state index contributed by atoms with van der Waals surface area (Å²) in [6, 6.07) is 15.7. The van der Waals surface area contributed by atoms with Crippen molar-refractivity contribution in [2.75, 3.05) is 12.3 Å². The van der Waals surface area contributed by atoms with Crippen molar-refractivity contribution in [1.82, 2.24) is 19.4 Å². The molecule has 0 radical (unpaired) electrons. The maximum atomic E-state index is 13.9. The Morgan fingerprint density at radius 2 is 1.89 bits per heavy atom. The van der Waals surface area contributed by atoms with Gasteiger partial charge in [-0.25, -0.2) is 4.98 Å². The first-order chi connectivity index (χ1) is 18.4. The lowest BCUT2D eigenvalue weighted by molar-refractivity contribution is -0.118. The molecule has 0 unspecified atom stereocenters. The van der Waals surface area contributed by atoms with Gasteiger partial charge >= 0.3 is 0 Å². The van der Waals surface area contributed by atoms with Gasteiger partial charge in [0.2, 0.25) is 5.91 Å². The summed E-state index contributed by atoms with van der Waals surface area (Å²) in [4.78, 5) is 31.6. The Hall–Kier alpha value is -3.01. The fourth-order valence-electron chi connectivity index (χ4n) is 4.66. The minimum Gasteiger partial charge on any atom is -0.355 e. The minimum absolute atomic E-state index is 0.0720. The Morgan fingerprint density at radius 1 is 1.11 bits per heavy atom. The number of nitrogens with zero attached hydrogens (tertiary/aromatic N) is 3. The highest BCUT2D eigenvalue weighted by molar-refractivity contribution is 7.99. The van der Waals surface area contributed by atoms with Crippen molar-refractivity contribution >= 4 is 51.6 Å². The summed E-state index contributed by atoms with van der Waals surface area (Å²) in [5, 5.41) is 3.50. The molecule has 1 N–H and O–H groups in total. The second kappa shape index (κ2) is 11.8. The van der Waals surface area contributed by atoms with E-state index < -0.39 is 0 Å². The summed E-state index contributed by atoms with van der Waals surface area (Å²) >= 11 is 8.24. The number of carbonyl (C=O) groups is 1. The van der Waals surface area contributed by atoms with Crippen LogP contribution in [-0.4, -0.2) is 32.3 Å². The number of thioether (sulfide) groups is 1. The highest BCUT2D eigenvalue weighted by atomic mass is 32.2. The van der Waals surface area contributed by atoms with Gasteiger partial charge in [0.25, 0.3) is 5.56 Å². The number of hydrogen-bond acceptors (Lipinski definition) is 6. The van der Waals surface area contributed by atoms with E-state index in [9.17, 15) is 9.59 Å². The molecule has 1 aliphatic rings. The van der Waals surface area contributed by atoms with Crippen LogP contribution in [0.1, 0.15) is 43.2 Å². The van der Waals surface area contributed by atoms with Crippen molar-refractivity contribution in [2.45, 2.75) is 51.1 Å². The van der Waals surface area contributed by atoms with E-state index in [-0.39, 0.29) is 17.2 Å². The Labute approximate surface area is 235 Å². The fourth-order valence-corrected chi connectivity index (χ4v) is 6.78. The highest BCUT2D eigenvalue weighted by Crippen LogP contribution is 2.28. The molecule has 0 fully saturated rings. The number of aromatic nitrogens is 3. The third-order valence-electron chi connectivity index (χ3n) is 6.71. The third-order valence-corrected chi connectivity index (χ3v) is 9.00. The molecule has 0 saturated carbocycles. The van der Waals surface area contributed by atoms with Crippen LogP contribution in [-0.2, 0) is 4.79 Å². The van der Waals surface area contributed by atoms with E-state index in [2.05, 4.69) is 11.4 Å². The second-order valence-corrected chi connectivity index (χ2v) is 12.1. The molecule has 9 heteroatoms. The van der Waals surface area contributed by atoms with Gasteiger partial charge < -0.3 is 5.32 Å². The molecule has 1 aliphatic carbocycles. The molecular weight excluding hydrogens is 533 g/mol. The molecule has 5 rings (SSSR count). The summed E-state index contributed by atoms with van der Waals surface area (Å²) < 4.78 is 4.52. The molecule has 1 amide bonds. The molecule has 0 bridgehead atoms. The number of fused-ring (bicyclic) bond motifs is 1. The molecule has 196 valence electrons. The Kier molecular flexibility index (Phi) is 8.26. The van der Waals surface area contributed by atoms with Crippen molar-refractivity contribution in [3.8, 4) is 11.4 Å².